The number of amides is 2. The minimum Gasteiger partial charge on any atom is -0.366 e. The van der Waals surface area contributed by atoms with Crippen LogP contribution < -0.4 is 11.1 Å². The molecular formula is C28H31N7O2. The maximum absolute atomic E-state index is 12.8. The second-order valence-electron chi connectivity index (χ2n) is 9.66. The number of hydrogen-bond acceptors (Lipinski definition) is 6. The Morgan fingerprint density at radius 3 is 2.59 bits per heavy atom. The Balaban J connectivity index is 1.59. The topological polar surface area (TPSA) is 109 Å². The van der Waals surface area contributed by atoms with E-state index in [-0.39, 0.29) is 5.91 Å². The highest BCUT2D eigenvalue weighted by molar-refractivity contribution is 6.06. The first-order valence-corrected chi connectivity index (χ1v) is 12.3. The van der Waals surface area contributed by atoms with Gasteiger partial charge in [-0.25, -0.2) is 4.98 Å². The second kappa shape index (κ2) is 10.0. The van der Waals surface area contributed by atoms with E-state index in [0.717, 1.165) is 33.4 Å². The standard InChI is InChI=1S/C28H31N7O2/c1-18-14-21-20(26(29)37)10-7-11-24(21)35(18)28-31-23-12-13-34(25(36)17-33(2)3)16-22(23)27(32-28)30-15-19-8-5-4-6-9-19/h4-11,14H,12-13,15-17H2,1-3H3,(H2,29,37)(H,30,31,32). The molecule has 2 amide bonds. The van der Waals surface area contributed by atoms with Crippen LogP contribution in [0.4, 0.5) is 5.82 Å². The van der Waals surface area contributed by atoms with Gasteiger partial charge in [0.1, 0.15) is 5.82 Å². The monoisotopic (exact) mass is 497 g/mol. The Labute approximate surface area is 215 Å². The second-order valence-corrected chi connectivity index (χ2v) is 9.66. The van der Waals surface area contributed by atoms with Crippen LogP contribution in [0.25, 0.3) is 16.9 Å². The highest BCUT2D eigenvalue weighted by atomic mass is 16.2. The van der Waals surface area contributed by atoms with Gasteiger partial charge in [0.15, 0.2) is 0 Å². The van der Waals surface area contributed by atoms with Crippen molar-refractivity contribution in [1.82, 2.24) is 24.3 Å². The van der Waals surface area contributed by atoms with Gasteiger partial charge in [-0.1, -0.05) is 36.4 Å². The molecule has 5 rings (SSSR count). The summed E-state index contributed by atoms with van der Waals surface area (Å²) in [5.74, 6) is 0.844. The number of carbonyl (C=O) groups excluding carboxylic acids is 2. The van der Waals surface area contributed by atoms with E-state index in [0.29, 0.717) is 49.9 Å². The number of rotatable bonds is 7. The van der Waals surface area contributed by atoms with E-state index in [1.165, 1.54) is 0 Å². The number of nitrogens with zero attached hydrogens (tertiary/aromatic N) is 5. The molecule has 0 atom stereocenters. The Kier molecular flexibility index (Phi) is 6.62. The number of aromatic nitrogens is 3. The van der Waals surface area contributed by atoms with Crippen LogP contribution in [0.1, 0.15) is 32.9 Å². The molecule has 190 valence electrons. The molecule has 0 spiro atoms. The van der Waals surface area contributed by atoms with Gasteiger partial charge in [0, 0.05) is 41.7 Å². The summed E-state index contributed by atoms with van der Waals surface area (Å²) in [5, 5.41) is 4.27. The summed E-state index contributed by atoms with van der Waals surface area (Å²) in [5.41, 5.74) is 10.8. The van der Waals surface area contributed by atoms with Crippen LogP contribution in [0, 0.1) is 6.92 Å². The van der Waals surface area contributed by atoms with E-state index in [4.69, 9.17) is 15.7 Å². The van der Waals surface area contributed by atoms with E-state index in [1.54, 1.807) is 6.07 Å². The summed E-state index contributed by atoms with van der Waals surface area (Å²) in [6.07, 6.45) is 0.634. The number of fused-ring (bicyclic) bond motifs is 2. The predicted molar refractivity (Wildman–Crippen MR) is 144 cm³/mol. The van der Waals surface area contributed by atoms with E-state index in [2.05, 4.69) is 17.4 Å². The van der Waals surface area contributed by atoms with Crippen LogP contribution in [-0.2, 0) is 24.3 Å². The molecule has 0 bridgehead atoms. The van der Waals surface area contributed by atoms with E-state index in [9.17, 15) is 9.59 Å². The van der Waals surface area contributed by atoms with Crippen molar-refractivity contribution in [3.05, 3.63) is 82.7 Å². The number of anilines is 1. The lowest BCUT2D eigenvalue weighted by Crippen LogP contribution is -2.41. The number of carbonyl (C=O) groups is 2. The largest absolute Gasteiger partial charge is 0.366 e. The highest BCUT2D eigenvalue weighted by Gasteiger charge is 2.27. The lowest BCUT2D eigenvalue weighted by Gasteiger charge is -2.30. The van der Waals surface area contributed by atoms with Gasteiger partial charge in [0.2, 0.25) is 17.8 Å². The van der Waals surface area contributed by atoms with Gasteiger partial charge in [-0.2, -0.15) is 4.98 Å². The van der Waals surface area contributed by atoms with Gasteiger partial charge in [-0.05, 0) is 44.8 Å². The van der Waals surface area contributed by atoms with Crippen molar-refractivity contribution in [2.45, 2.75) is 26.4 Å². The Hall–Kier alpha value is -4.24. The Morgan fingerprint density at radius 1 is 1.08 bits per heavy atom. The molecule has 0 unspecified atom stereocenters. The average molecular weight is 498 g/mol. The van der Waals surface area contributed by atoms with E-state index >= 15 is 0 Å². The first kappa shape index (κ1) is 24.5. The van der Waals surface area contributed by atoms with Crippen molar-refractivity contribution in [2.75, 3.05) is 32.5 Å². The number of benzene rings is 2. The smallest absolute Gasteiger partial charge is 0.249 e. The van der Waals surface area contributed by atoms with Crippen LogP contribution in [0.5, 0.6) is 0 Å². The van der Waals surface area contributed by atoms with Gasteiger partial charge in [0.25, 0.3) is 0 Å². The molecular weight excluding hydrogens is 466 g/mol. The third-order valence-electron chi connectivity index (χ3n) is 6.65. The van der Waals surface area contributed by atoms with Gasteiger partial charge < -0.3 is 20.9 Å². The van der Waals surface area contributed by atoms with Crippen molar-refractivity contribution in [2.24, 2.45) is 5.73 Å². The molecule has 9 nitrogen and oxygen atoms in total. The van der Waals surface area contributed by atoms with Gasteiger partial charge in [0.05, 0.1) is 24.3 Å². The number of nitrogens with one attached hydrogen (secondary N) is 1. The van der Waals surface area contributed by atoms with Gasteiger partial charge in [-0.15, -0.1) is 0 Å². The zero-order chi connectivity index (χ0) is 26.1. The molecule has 0 aliphatic carbocycles. The number of primary amides is 1. The molecule has 0 saturated carbocycles. The average Bonchev–Trinajstić information content (AvgIpc) is 3.22. The zero-order valence-electron chi connectivity index (χ0n) is 21.4. The molecule has 2 aromatic heterocycles. The molecule has 0 radical (unpaired) electrons. The minimum absolute atomic E-state index is 0.0833. The van der Waals surface area contributed by atoms with Gasteiger partial charge >= 0.3 is 0 Å². The summed E-state index contributed by atoms with van der Waals surface area (Å²) < 4.78 is 1.96. The highest BCUT2D eigenvalue weighted by Crippen LogP contribution is 2.30. The van der Waals surface area contributed by atoms with Crippen molar-refractivity contribution in [3.8, 4) is 5.95 Å². The van der Waals surface area contributed by atoms with Crippen LogP contribution in [-0.4, -0.2) is 63.3 Å². The van der Waals surface area contributed by atoms with Crippen molar-refractivity contribution < 1.29 is 9.59 Å². The number of nitrogens with two attached hydrogens (primary N) is 1. The maximum atomic E-state index is 12.8. The molecule has 0 fully saturated rings. The van der Waals surface area contributed by atoms with Crippen LogP contribution in [0.2, 0.25) is 0 Å². The summed E-state index contributed by atoms with van der Waals surface area (Å²) in [6.45, 7) is 3.97. The lowest BCUT2D eigenvalue weighted by atomic mass is 10.1. The van der Waals surface area contributed by atoms with Crippen LogP contribution >= 0.6 is 0 Å². The lowest BCUT2D eigenvalue weighted by molar-refractivity contribution is -0.132. The van der Waals surface area contributed by atoms with Crippen LogP contribution in [0.15, 0.2) is 54.6 Å². The molecule has 0 saturated heterocycles. The summed E-state index contributed by atoms with van der Waals surface area (Å²) in [7, 11) is 3.79. The fourth-order valence-electron chi connectivity index (χ4n) is 4.86. The van der Waals surface area contributed by atoms with E-state index in [1.807, 2.05) is 71.8 Å². The molecule has 3 heterocycles. The third kappa shape index (κ3) is 4.90. The molecule has 2 aromatic carbocycles. The summed E-state index contributed by atoms with van der Waals surface area (Å²) in [6, 6.07) is 17.5. The normalized spacial score (nSPS) is 13.1. The van der Waals surface area contributed by atoms with Crippen molar-refractivity contribution in [1.29, 1.82) is 0 Å². The molecule has 9 heteroatoms. The maximum Gasteiger partial charge on any atom is 0.249 e. The Morgan fingerprint density at radius 2 is 1.86 bits per heavy atom. The first-order valence-electron chi connectivity index (χ1n) is 12.3. The van der Waals surface area contributed by atoms with Gasteiger partial charge in [-0.3, -0.25) is 14.2 Å². The van der Waals surface area contributed by atoms with Crippen LogP contribution in [0.3, 0.4) is 0 Å². The molecule has 37 heavy (non-hydrogen) atoms. The molecule has 4 aromatic rings. The Bertz CT molecular complexity index is 1480. The SMILES string of the molecule is Cc1cc2c(C(N)=O)cccc2n1-c1nc2c(c(NCc3ccccc3)n1)CN(C(=O)CN(C)C)CC2. The third-order valence-corrected chi connectivity index (χ3v) is 6.65. The van der Waals surface area contributed by atoms with Crippen molar-refractivity contribution in [3.63, 3.8) is 0 Å². The summed E-state index contributed by atoms with van der Waals surface area (Å²) in [4.78, 5) is 38.5. The first-order chi connectivity index (χ1) is 17.8. The number of aryl methyl sites for hydroxylation is 1. The fraction of sp³-hybridized carbons (Fsp3) is 0.286. The predicted octanol–water partition coefficient (Wildman–Crippen LogP) is 2.89. The molecule has 1 aliphatic heterocycles. The van der Waals surface area contributed by atoms with E-state index < -0.39 is 5.91 Å². The minimum atomic E-state index is -0.471. The quantitative estimate of drug-likeness (QED) is 0.406. The number of hydrogen-bond donors (Lipinski definition) is 2. The fourth-order valence-corrected chi connectivity index (χ4v) is 4.86. The number of likely N-dealkylation sites (N-methyl/N-ethyl adjacent to an activating group) is 1. The molecule has 3 N–H and O–H groups in total. The molecule has 1 aliphatic rings. The van der Waals surface area contributed by atoms with Crippen molar-refractivity contribution >= 4 is 28.5 Å². The summed E-state index contributed by atoms with van der Waals surface area (Å²) >= 11 is 0. The zero-order valence-corrected chi connectivity index (χ0v) is 21.4.